The Balaban J connectivity index is 1.92. The first kappa shape index (κ1) is 13.1. The molecule has 0 aromatic carbocycles. The predicted octanol–water partition coefficient (Wildman–Crippen LogP) is 3.77. The van der Waals surface area contributed by atoms with Gasteiger partial charge in [-0.25, -0.2) is 0 Å². The molecular formula is C15H26O2. The van der Waals surface area contributed by atoms with Crippen LogP contribution >= 0.6 is 0 Å². The third kappa shape index (κ3) is 2.74. The smallest absolute Gasteiger partial charge is 0.160 e. The number of ether oxygens (including phenoxy) is 2. The SMILES string of the molecule is CCC1(CC)COC([C@@H]2CC=CC[C@@H]2C)OC1. The van der Waals surface area contributed by atoms with Gasteiger partial charge in [-0.05, 0) is 31.6 Å². The fourth-order valence-electron chi connectivity index (χ4n) is 2.86. The van der Waals surface area contributed by atoms with E-state index in [0.29, 0.717) is 11.8 Å². The lowest BCUT2D eigenvalue weighted by Crippen LogP contribution is -2.45. The van der Waals surface area contributed by atoms with Gasteiger partial charge < -0.3 is 9.47 Å². The van der Waals surface area contributed by atoms with Crippen molar-refractivity contribution in [3.8, 4) is 0 Å². The molecule has 0 amide bonds. The lowest BCUT2D eigenvalue weighted by Gasteiger charge is -2.43. The minimum absolute atomic E-state index is 0.0289. The molecule has 0 aromatic heterocycles. The topological polar surface area (TPSA) is 18.5 Å². The summed E-state index contributed by atoms with van der Waals surface area (Å²) in [6.07, 6.45) is 9.16. The van der Waals surface area contributed by atoms with Crippen LogP contribution in [0.25, 0.3) is 0 Å². The van der Waals surface area contributed by atoms with Crippen LogP contribution in [0.1, 0.15) is 46.5 Å². The fraction of sp³-hybridized carbons (Fsp3) is 0.867. The van der Waals surface area contributed by atoms with Crippen molar-refractivity contribution >= 4 is 0 Å². The average Bonchev–Trinajstić information content (AvgIpc) is 2.40. The van der Waals surface area contributed by atoms with Crippen LogP contribution < -0.4 is 0 Å². The minimum Gasteiger partial charge on any atom is -0.352 e. The summed E-state index contributed by atoms with van der Waals surface area (Å²) in [5.41, 5.74) is 0.268. The fourth-order valence-corrected chi connectivity index (χ4v) is 2.86. The van der Waals surface area contributed by atoms with Crippen molar-refractivity contribution in [1.29, 1.82) is 0 Å². The van der Waals surface area contributed by atoms with Crippen molar-refractivity contribution in [2.45, 2.75) is 52.7 Å². The first-order valence-corrected chi connectivity index (χ1v) is 7.09. The quantitative estimate of drug-likeness (QED) is 0.697. The number of hydrogen-bond acceptors (Lipinski definition) is 2. The highest BCUT2D eigenvalue weighted by Crippen LogP contribution is 2.37. The Hall–Kier alpha value is -0.340. The van der Waals surface area contributed by atoms with Crippen LogP contribution in [0.5, 0.6) is 0 Å². The van der Waals surface area contributed by atoms with Gasteiger partial charge in [0.05, 0.1) is 13.2 Å². The Kier molecular flexibility index (Phi) is 4.26. The van der Waals surface area contributed by atoms with Crippen LogP contribution in [0, 0.1) is 17.3 Å². The Bertz CT molecular complexity index is 258. The lowest BCUT2D eigenvalue weighted by molar-refractivity contribution is -0.257. The Morgan fingerprint density at radius 3 is 2.18 bits per heavy atom. The van der Waals surface area contributed by atoms with Gasteiger partial charge in [-0.1, -0.05) is 32.9 Å². The molecule has 2 atom stereocenters. The minimum atomic E-state index is 0.0289. The molecule has 0 bridgehead atoms. The summed E-state index contributed by atoms with van der Waals surface area (Å²) in [4.78, 5) is 0. The maximum Gasteiger partial charge on any atom is 0.160 e. The predicted molar refractivity (Wildman–Crippen MR) is 69.7 cm³/mol. The first-order chi connectivity index (χ1) is 8.21. The normalized spacial score (nSPS) is 33.8. The highest BCUT2D eigenvalue weighted by atomic mass is 16.7. The van der Waals surface area contributed by atoms with Crippen molar-refractivity contribution in [2.24, 2.45) is 17.3 Å². The van der Waals surface area contributed by atoms with Crippen LogP contribution in [0.2, 0.25) is 0 Å². The molecule has 1 saturated heterocycles. The summed E-state index contributed by atoms with van der Waals surface area (Å²) in [5, 5.41) is 0. The molecular weight excluding hydrogens is 212 g/mol. The molecule has 1 fully saturated rings. The molecule has 2 rings (SSSR count). The van der Waals surface area contributed by atoms with E-state index in [1.165, 1.54) is 6.42 Å². The lowest BCUT2D eigenvalue weighted by atomic mass is 9.81. The summed E-state index contributed by atoms with van der Waals surface area (Å²) < 4.78 is 12.1. The molecule has 2 aliphatic rings. The van der Waals surface area contributed by atoms with Crippen LogP contribution in [0.3, 0.4) is 0 Å². The zero-order chi connectivity index (χ0) is 12.3. The second-order valence-corrected chi connectivity index (χ2v) is 5.78. The molecule has 17 heavy (non-hydrogen) atoms. The van der Waals surface area contributed by atoms with Gasteiger partial charge in [0.2, 0.25) is 0 Å². The van der Waals surface area contributed by atoms with Gasteiger partial charge in [0.25, 0.3) is 0 Å². The second-order valence-electron chi connectivity index (χ2n) is 5.78. The molecule has 0 radical (unpaired) electrons. The van der Waals surface area contributed by atoms with E-state index >= 15 is 0 Å². The van der Waals surface area contributed by atoms with E-state index in [0.717, 1.165) is 32.5 Å². The van der Waals surface area contributed by atoms with E-state index in [1.807, 2.05) is 0 Å². The van der Waals surface area contributed by atoms with Crippen LogP contribution in [-0.2, 0) is 9.47 Å². The Labute approximate surface area is 105 Å². The third-order valence-electron chi connectivity index (χ3n) is 4.77. The number of rotatable bonds is 3. The van der Waals surface area contributed by atoms with Gasteiger partial charge in [0.15, 0.2) is 6.29 Å². The molecule has 98 valence electrons. The molecule has 0 aromatic rings. The van der Waals surface area contributed by atoms with Crippen molar-refractivity contribution in [1.82, 2.24) is 0 Å². The highest BCUT2D eigenvalue weighted by molar-refractivity contribution is 4.95. The van der Waals surface area contributed by atoms with E-state index in [-0.39, 0.29) is 11.7 Å². The van der Waals surface area contributed by atoms with E-state index in [2.05, 4.69) is 32.9 Å². The molecule has 1 heterocycles. The molecule has 1 aliphatic carbocycles. The van der Waals surface area contributed by atoms with Crippen molar-refractivity contribution < 1.29 is 9.47 Å². The van der Waals surface area contributed by atoms with Gasteiger partial charge in [0, 0.05) is 11.3 Å². The maximum atomic E-state index is 6.03. The monoisotopic (exact) mass is 238 g/mol. The molecule has 2 nitrogen and oxygen atoms in total. The van der Waals surface area contributed by atoms with E-state index in [4.69, 9.17) is 9.47 Å². The van der Waals surface area contributed by atoms with Gasteiger partial charge in [-0.2, -0.15) is 0 Å². The number of allylic oxidation sites excluding steroid dienone is 2. The first-order valence-electron chi connectivity index (χ1n) is 7.09. The number of hydrogen-bond donors (Lipinski definition) is 0. The average molecular weight is 238 g/mol. The zero-order valence-electron chi connectivity index (χ0n) is 11.4. The highest BCUT2D eigenvalue weighted by Gasteiger charge is 2.38. The third-order valence-corrected chi connectivity index (χ3v) is 4.77. The van der Waals surface area contributed by atoms with E-state index < -0.39 is 0 Å². The molecule has 0 unspecified atom stereocenters. The molecule has 1 aliphatic heterocycles. The summed E-state index contributed by atoms with van der Waals surface area (Å²) >= 11 is 0. The largest absolute Gasteiger partial charge is 0.352 e. The summed E-state index contributed by atoms with van der Waals surface area (Å²) in [7, 11) is 0. The molecule has 0 spiro atoms. The van der Waals surface area contributed by atoms with Crippen LogP contribution in [0.4, 0.5) is 0 Å². The standard InChI is InChI=1S/C15H26O2/c1-4-15(5-2)10-16-14(17-11-15)13-9-7-6-8-12(13)3/h6-7,12-14H,4-5,8-11H2,1-3H3/t12-,13+/m0/s1. The van der Waals surface area contributed by atoms with E-state index in [9.17, 15) is 0 Å². The summed E-state index contributed by atoms with van der Waals surface area (Å²) in [6.45, 7) is 8.53. The molecule has 2 heteroatoms. The van der Waals surface area contributed by atoms with Gasteiger partial charge in [0.1, 0.15) is 0 Å². The Morgan fingerprint density at radius 2 is 1.65 bits per heavy atom. The summed E-state index contributed by atoms with van der Waals surface area (Å²) in [5.74, 6) is 1.23. The van der Waals surface area contributed by atoms with Crippen LogP contribution in [0.15, 0.2) is 12.2 Å². The van der Waals surface area contributed by atoms with Crippen LogP contribution in [-0.4, -0.2) is 19.5 Å². The zero-order valence-corrected chi connectivity index (χ0v) is 11.4. The second kappa shape index (κ2) is 5.53. The Morgan fingerprint density at radius 1 is 1.06 bits per heavy atom. The van der Waals surface area contributed by atoms with Gasteiger partial charge in [-0.3, -0.25) is 0 Å². The van der Waals surface area contributed by atoms with Crippen molar-refractivity contribution in [3.63, 3.8) is 0 Å². The van der Waals surface area contributed by atoms with Gasteiger partial charge in [-0.15, -0.1) is 0 Å². The van der Waals surface area contributed by atoms with Gasteiger partial charge >= 0.3 is 0 Å². The van der Waals surface area contributed by atoms with Crippen molar-refractivity contribution in [2.75, 3.05) is 13.2 Å². The maximum absolute atomic E-state index is 6.03. The molecule has 0 N–H and O–H groups in total. The van der Waals surface area contributed by atoms with E-state index in [1.54, 1.807) is 0 Å². The van der Waals surface area contributed by atoms with Crippen molar-refractivity contribution in [3.05, 3.63) is 12.2 Å². The summed E-state index contributed by atoms with van der Waals surface area (Å²) in [6, 6.07) is 0. The molecule has 0 saturated carbocycles.